The quantitative estimate of drug-likeness (QED) is 0.854. The molecule has 1 aliphatic heterocycles. The summed E-state index contributed by atoms with van der Waals surface area (Å²) in [5.41, 5.74) is 1.33. The molecule has 1 aliphatic carbocycles. The van der Waals surface area contributed by atoms with E-state index in [1.807, 2.05) is 13.0 Å². The Kier molecular flexibility index (Phi) is 3.93. The Morgan fingerprint density at radius 2 is 2.04 bits per heavy atom. The SMILES string of the molecule is Cc1nccc(C2CN(C(=O)c3cnc(C4CC4)nc3)CCO2)n1. The zero-order valence-corrected chi connectivity index (χ0v) is 13.6. The molecule has 7 nitrogen and oxygen atoms in total. The minimum atomic E-state index is -0.226. The molecule has 2 fully saturated rings. The van der Waals surface area contributed by atoms with Gasteiger partial charge in [-0.1, -0.05) is 0 Å². The normalized spacial score (nSPS) is 20.9. The summed E-state index contributed by atoms with van der Waals surface area (Å²) in [6, 6.07) is 1.83. The van der Waals surface area contributed by atoms with E-state index in [2.05, 4.69) is 19.9 Å². The van der Waals surface area contributed by atoms with Crippen LogP contribution in [0.3, 0.4) is 0 Å². The maximum Gasteiger partial charge on any atom is 0.257 e. The maximum atomic E-state index is 12.7. The van der Waals surface area contributed by atoms with E-state index in [-0.39, 0.29) is 12.0 Å². The van der Waals surface area contributed by atoms with Crippen LogP contribution in [-0.4, -0.2) is 50.4 Å². The first-order valence-electron chi connectivity index (χ1n) is 8.23. The molecule has 1 saturated heterocycles. The van der Waals surface area contributed by atoms with Crippen molar-refractivity contribution in [3.8, 4) is 0 Å². The highest BCUT2D eigenvalue weighted by Gasteiger charge is 2.29. The molecule has 2 aromatic rings. The molecule has 1 atom stereocenters. The maximum absolute atomic E-state index is 12.7. The van der Waals surface area contributed by atoms with Gasteiger partial charge in [0, 0.05) is 31.1 Å². The minimum absolute atomic E-state index is 0.0589. The molecule has 0 N–H and O–H groups in total. The van der Waals surface area contributed by atoms with Crippen LogP contribution in [0.1, 0.15) is 52.6 Å². The Morgan fingerprint density at radius 3 is 2.75 bits per heavy atom. The smallest absolute Gasteiger partial charge is 0.257 e. The number of hydrogen-bond donors (Lipinski definition) is 0. The molecule has 4 rings (SSSR count). The highest BCUT2D eigenvalue weighted by Crippen LogP contribution is 2.37. The molecule has 24 heavy (non-hydrogen) atoms. The first-order valence-corrected chi connectivity index (χ1v) is 8.23. The lowest BCUT2D eigenvalue weighted by Gasteiger charge is -2.32. The summed E-state index contributed by atoms with van der Waals surface area (Å²) in [6.07, 6.45) is 7.07. The Balaban J connectivity index is 1.47. The van der Waals surface area contributed by atoms with Gasteiger partial charge in [0.15, 0.2) is 0 Å². The van der Waals surface area contributed by atoms with Crippen LogP contribution in [0.5, 0.6) is 0 Å². The molecule has 0 bridgehead atoms. The Hall–Kier alpha value is -2.41. The predicted molar refractivity (Wildman–Crippen MR) is 85.4 cm³/mol. The fourth-order valence-corrected chi connectivity index (χ4v) is 2.85. The third-order valence-electron chi connectivity index (χ3n) is 4.34. The van der Waals surface area contributed by atoms with Crippen LogP contribution in [-0.2, 0) is 4.74 Å². The Morgan fingerprint density at radius 1 is 1.25 bits per heavy atom. The minimum Gasteiger partial charge on any atom is -0.368 e. The standard InChI is InChI=1S/C17H19N5O2/c1-11-18-5-4-14(21-11)15-10-22(6-7-24-15)17(23)13-8-19-16(20-9-13)12-2-3-12/h4-5,8-9,12,15H,2-3,6-7,10H2,1H3. The average Bonchev–Trinajstić information content (AvgIpc) is 3.47. The summed E-state index contributed by atoms with van der Waals surface area (Å²) in [7, 11) is 0. The number of morpholine rings is 1. The van der Waals surface area contributed by atoms with E-state index in [1.165, 1.54) is 0 Å². The zero-order chi connectivity index (χ0) is 16.5. The van der Waals surface area contributed by atoms with Crippen molar-refractivity contribution in [3.63, 3.8) is 0 Å². The first-order chi connectivity index (χ1) is 11.7. The number of aromatic nitrogens is 4. The zero-order valence-electron chi connectivity index (χ0n) is 13.6. The van der Waals surface area contributed by atoms with E-state index in [4.69, 9.17) is 4.74 Å². The van der Waals surface area contributed by atoms with Crippen molar-refractivity contribution in [3.05, 3.63) is 47.6 Å². The number of carbonyl (C=O) groups is 1. The second-order valence-corrected chi connectivity index (χ2v) is 6.24. The van der Waals surface area contributed by atoms with E-state index < -0.39 is 0 Å². The average molecular weight is 325 g/mol. The molecule has 0 radical (unpaired) electrons. The van der Waals surface area contributed by atoms with Crippen LogP contribution in [0.2, 0.25) is 0 Å². The lowest BCUT2D eigenvalue weighted by molar-refractivity contribution is -0.0248. The van der Waals surface area contributed by atoms with Crippen molar-refractivity contribution in [2.24, 2.45) is 0 Å². The number of carbonyl (C=O) groups excluding carboxylic acids is 1. The van der Waals surface area contributed by atoms with Gasteiger partial charge in [0.2, 0.25) is 0 Å². The summed E-state index contributed by atoms with van der Waals surface area (Å²) in [5, 5.41) is 0. The molecule has 2 aliphatic rings. The van der Waals surface area contributed by atoms with E-state index in [9.17, 15) is 4.79 Å². The number of amides is 1. The van der Waals surface area contributed by atoms with Crippen molar-refractivity contribution in [1.29, 1.82) is 0 Å². The van der Waals surface area contributed by atoms with Crippen molar-refractivity contribution in [1.82, 2.24) is 24.8 Å². The van der Waals surface area contributed by atoms with Crippen molar-refractivity contribution in [2.45, 2.75) is 31.8 Å². The second-order valence-electron chi connectivity index (χ2n) is 6.24. The molecule has 124 valence electrons. The van der Waals surface area contributed by atoms with Gasteiger partial charge in [-0.3, -0.25) is 4.79 Å². The summed E-state index contributed by atoms with van der Waals surface area (Å²) >= 11 is 0. The highest BCUT2D eigenvalue weighted by atomic mass is 16.5. The van der Waals surface area contributed by atoms with Gasteiger partial charge in [-0.15, -0.1) is 0 Å². The van der Waals surface area contributed by atoms with Gasteiger partial charge >= 0.3 is 0 Å². The third kappa shape index (κ3) is 3.12. The van der Waals surface area contributed by atoms with Crippen LogP contribution in [0.15, 0.2) is 24.7 Å². The van der Waals surface area contributed by atoms with Gasteiger partial charge in [0.1, 0.15) is 17.8 Å². The molecule has 0 spiro atoms. The summed E-state index contributed by atoms with van der Waals surface area (Å²) in [6.45, 7) is 3.36. The number of rotatable bonds is 3. The lowest BCUT2D eigenvalue weighted by atomic mass is 10.1. The van der Waals surface area contributed by atoms with Crippen molar-refractivity contribution < 1.29 is 9.53 Å². The van der Waals surface area contributed by atoms with E-state index in [0.717, 1.165) is 24.4 Å². The fraction of sp³-hybridized carbons (Fsp3) is 0.471. The number of hydrogen-bond acceptors (Lipinski definition) is 6. The number of nitrogens with zero attached hydrogens (tertiary/aromatic N) is 5. The monoisotopic (exact) mass is 325 g/mol. The van der Waals surface area contributed by atoms with E-state index in [0.29, 0.717) is 37.0 Å². The van der Waals surface area contributed by atoms with Gasteiger partial charge in [-0.2, -0.15) is 0 Å². The van der Waals surface area contributed by atoms with Gasteiger partial charge < -0.3 is 9.64 Å². The topological polar surface area (TPSA) is 81.1 Å². The summed E-state index contributed by atoms with van der Waals surface area (Å²) < 4.78 is 5.78. The molecular weight excluding hydrogens is 306 g/mol. The Bertz CT molecular complexity index is 745. The molecule has 0 aromatic carbocycles. The fourth-order valence-electron chi connectivity index (χ4n) is 2.85. The van der Waals surface area contributed by atoms with Crippen LogP contribution < -0.4 is 0 Å². The number of ether oxygens (including phenoxy) is 1. The molecular formula is C17H19N5O2. The molecule has 7 heteroatoms. The van der Waals surface area contributed by atoms with Crippen molar-refractivity contribution >= 4 is 5.91 Å². The molecule has 1 saturated carbocycles. The summed E-state index contributed by atoms with van der Waals surface area (Å²) in [5.74, 6) is 1.98. The lowest BCUT2D eigenvalue weighted by Crippen LogP contribution is -2.42. The predicted octanol–water partition coefficient (Wildman–Crippen LogP) is 1.67. The van der Waals surface area contributed by atoms with Crippen molar-refractivity contribution in [2.75, 3.05) is 19.7 Å². The van der Waals surface area contributed by atoms with Gasteiger partial charge in [0.25, 0.3) is 5.91 Å². The highest BCUT2D eigenvalue weighted by molar-refractivity contribution is 5.93. The molecule has 1 amide bonds. The number of aryl methyl sites for hydroxylation is 1. The van der Waals surface area contributed by atoms with Crippen LogP contribution in [0.4, 0.5) is 0 Å². The summed E-state index contributed by atoms with van der Waals surface area (Å²) in [4.78, 5) is 31.6. The van der Waals surface area contributed by atoms with Crippen LogP contribution >= 0.6 is 0 Å². The Labute approximate surface area is 140 Å². The molecule has 1 unspecified atom stereocenters. The molecule has 2 aromatic heterocycles. The van der Waals surface area contributed by atoms with Crippen LogP contribution in [0.25, 0.3) is 0 Å². The second kappa shape index (κ2) is 6.24. The molecule has 3 heterocycles. The first kappa shape index (κ1) is 15.1. The third-order valence-corrected chi connectivity index (χ3v) is 4.34. The van der Waals surface area contributed by atoms with E-state index >= 15 is 0 Å². The van der Waals surface area contributed by atoms with Crippen LogP contribution in [0, 0.1) is 6.92 Å². The van der Waals surface area contributed by atoms with Gasteiger partial charge in [0.05, 0.1) is 24.4 Å². The van der Waals surface area contributed by atoms with Gasteiger partial charge in [-0.25, -0.2) is 19.9 Å². The largest absolute Gasteiger partial charge is 0.368 e. The van der Waals surface area contributed by atoms with Gasteiger partial charge in [-0.05, 0) is 25.8 Å². The van der Waals surface area contributed by atoms with E-state index in [1.54, 1.807) is 23.5 Å².